The van der Waals surface area contributed by atoms with Gasteiger partial charge in [0.05, 0.1) is 0 Å². The molecule has 0 spiro atoms. The van der Waals surface area contributed by atoms with Crippen molar-refractivity contribution in [3.8, 4) is 0 Å². The van der Waals surface area contributed by atoms with Crippen molar-refractivity contribution in [3.63, 3.8) is 0 Å². The van der Waals surface area contributed by atoms with Crippen LogP contribution in [0.1, 0.15) is 40.5 Å². The molecule has 0 aromatic carbocycles. The monoisotopic (exact) mass is 242 g/mol. The normalized spacial score (nSPS) is 20.2. The lowest BCUT2D eigenvalue weighted by Gasteiger charge is -2.34. The molecule has 0 aromatic rings. The topological polar surface area (TPSA) is 52.6 Å². The number of aliphatic hydroxyl groups excluding tert-OH is 1. The Balaban J connectivity index is 2.39. The zero-order valence-corrected chi connectivity index (χ0v) is 11.5. The van der Waals surface area contributed by atoms with Crippen molar-refractivity contribution in [1.82, 2.24) is 10.2 Å². The van der Waals surface area contributed by atoms with Crippen LogP contribution in [0.4, 0.5) is 4.79 Å². The second-order valence-corrected chi connectivity index (χ2v) is 6.15. The lowest BCUT2D eigenvalue weighted by molar-refractivity contribution is 0.132. The van der Waals surface area contributed by atoms with Gasteiger partial charge in [0.2, 0.25) is 0 Å². The Labute approximate surface area is 104 Å². The molecule has 1 heterocycles. The van der Waals surface area contributed by atoms with Crippen LogP contribution in [0.2, 0.25) is 0 Å². The molecule has 2 N–H and O–H groups in total. The number of hydrogen-bond acceptors (Lipinski definition) is 2. The van der Waals surface area contributed by atoms with Gasteiger partial charge in [0, 0.05) is 25.7 Å². The molecule has 0 bridgehead atoms. The van der Waals surface area contributed by atoms with Crippen molar-refractivity contribution in [2.75, 3.05) is 19.7 Å². The third kappa shape index (κ3) is 4.19. The molecule has 4 heteroatoms. The fourth-order valence-electron chi connectivity index (χ4n) is 1.81. The highest BCUT2D eigenvalue weighted by Gasteiger charge is 2.26. The van der Waals surface area contributed by atoms with Gasteiger partial charge in [-0.1, -0.05) is 20.8 Å². The third-order valence-corrected chi connectivity index (χ3v) is 3.80. The molecule has 1 atom stereocenters. The standard InChI is InChI=1S/C13H26N2O2/c1-10(13(2,3)4)14-12(17)15-7-5-11(9-16)6-8-15/h10-11,16H,5-9H2,1-4H3,(H,14,17). The largest absolute Gasteiger partial charge is 0.396 e. The van der Waals surface area contributed by atoms with E-state index in [1.807, 2.05) is 11.8 Å². The minimum Gasteiger partial charge on any atom is -0.396 e. The molecule has 1 rings (SSSR count). The van der Waals surface area contributed by atoms with Crippen molar-refractivity contribution in [2.45, 2.75) is 46.6 Å². The van der Waals surface area contributed by atoms with Gasteiger partial charge < -0.3 is 15.3 Å². The first kappa shape index (κ1) is 14.3. The molecule has 2 amide bonds. The van der Waals surface area contributed by atoms with E-state index in [1.165, 1.54) is 0 Å². The Hall–Kier alpha value is -0.770. The van der Waals surface area contributed by atoms with Gasteiger partial charge in [0.25, 0.3) is 0 Å². The zero-order chi connectivity index (χ0) is 13.1. The van der Waals surface area contributed by atoms with E-state index in [9.17, 15) is 4.79 Å². The van der Waals surface area contributed by atoms with Crippen molar-refractivity contribution in [2.24, 2.45) is 11.3 Å². The Morgan fingerprint density at radius 2 is 1.94 bits per heavy atom. The van der Waals surface area contributed by atoms with Gasteiger partial charge in [-0.3, -0.25) is 0 Å². The number of carbonyl (C=O) groups is 1. The molecule has 1 unspecified atom stereocenters. The number of piperidine rings is 1. The predicted molar refractivity (Wildman–Crippen MR) is 68.8 cm³/mol. The van der Waals surface area contributed by atoms with E-state index in [4.69, 9.17) is 5.11 Å². The van der Waals surface area contributed by atoms with Crippen molar-refractivity contribution >= 4 is 6.03 Å². The molecule has 1 aliphatic rings. The Morgan fingerprint density at radius 1 is 1.41 bits per heavy atom. The van der Waals surface area contributed by atoms with Gasteiger partial charge in [0.15, 0.2) is 0 Å². The summed E-state index contributed by atoms with van der Waals surface area (Å²) in [4.78, 5) is 13.9. The fraction of sp³-hybridized carbons (Fsp3) is 0.923. The molecule has 100 valence electrons. The summed E-state index contributed by atoms with van der Waals surface area (Å²) in [5, 5.41) is 12.1. The maximum atomic E-state index is 12.0. The predicted octanol–water partition coefficient (Wildman–Crippen LogP) is 1.83. The maximum absolute atomic E-state index is 12.0. The van der Waals surface area contributed by atoms with E-state index in [0.29, 0.717) is 5.92 Å². The number of nitrogens with zero attached hydrogens (tertiary/aromatic N) is 1. The summed E-state index contributed by atoms with van der Waals surface area (Å²) < 4.78 is 0. The Morgan fingerprint density at radius 3 is 2.35 bits per heavy atom. The molecule has 4 nitrogen and oxygen atoms in total. The molecule has 0 radical (unpaired) electrons. The maximum Gasteiger partial charge on any atom is 0.317 e. The van der Waals surface area contributed by atoms with E-state index < -0.39 is 0 Å². The number of likely N-dealkylation sites (tertiary alicyclic amines) is 1. The minimum atomic E-state index is 0.0313. The highest BCUT2D eigenvalue weighted by atomic mass is 16.3. The lowest BCUT2D eigenvalue weighted by Crippen LogP contribution is -2.50. The first-order valence-electron chi connectivity index (χ1n) is 6.51. The highest BCUT2D eigenvalue weighted by molar-refractivity contribution is 5.74. The number of urea groups is 1. The van der Waals surface area contributed by atoms with Crippen LogP contribution >= 0.6 is 0 Å². The molecular weight excluding hydrogens is 216 g/mol. The average molecular weight is 242 g/mol. The number of amides is 2. The summed E-state index contributed by atoms with van der Waals surface area (Å²) in [6, 6.07) is 0.189. The zero-order valence-electron chi connectivity index (χ0n) is 11.5. The van der Waals surface area contributed by atoms with Gasteiger partial charge in [-0.25, -0.2) is 4.79 Å². The van der Waals surface area contributed by atoms with Crippen LogP contribution in [-0.4, -0.2) is 41.8 Å². The summed E-state index contributed by atoms with van der Waals surface area (Å²) in [5.41, 5.74) is 0.0824. The minimum absolute atomic E-state index is 0.0313. The Bertz CT molecular complexity index is 253. The van der Waals surface area contributed by atoms with Gasteiger partial charge >= 0.3 is 6.03 Å². The van der Waals surface area contributed by atoms with E-state index in [1.54, 1.807) is 0 Å². The summed E-state index contributed by atoms with van der Waals surface area (Å²) in [6.07, 6.45) is 1.82. The molecular formula is C13H26N2O2. The number of aliphatic hydroxyl groups is 1. The smallest absolute Gasteiger partial charge is 0.317 e. The molecule has 1 fully saturated rings. The number of carbonyl (C=O) groups excluding carboxylic acids is 1. The Kier molecular flexibility index (Phi) is 4.80. The van der Waals surface area contributed by atoms with Crippen molar-refractivity contribution < 1.29 is 9.90 Å². The van der Waals surface area contributed by atoms with Gasteiger partial charge in [-0.15, -0.1) is 0 Å². The summed E-state index contributed by atoms with van der Waals surface area (Å²) in [6.45, 7) is 10.2. The van der Waals surface area contributed by atoms with E-state index >= 15 is 0 Å². The SMILES string of the molecule is CC(NC(=O)N1CCC(CO)CC1)C(C)(C)C. The van der Waals surface area contributed by atoms with Gasteiger partial charge in [-0.05, 0) is 31.1 Å². The quantitative estimate of drug-likeness (QED) is 0.776. The van der Waals surface area contributed by atoms with Crippen LogP contribution in [0.5, 0.6) is 0 Å². The average Bonchev–Trinajstić information content (AvgIpc) is 2.27. The van der Waals surface area contributed by atoms with Crippen LogP contribution in [0.15, 0.2) is 0 Å². The van der Waals surface area contributed by atoms with Gasteiger partial charge in [-0.2, -0.15) is 0 Å². The van der Waals surface area contributed by atoms with Gasteiger partial charge in [0.1, 0.15) is 0 Å². The first-order valence-corrected chi connectivity index (χ1v) is 6.51. The van der Waals surface area contributed by atoms with Crippen LogP contribution in [-0.2, 0) is 0 Å². The van der Waals surface area contributed by atoms with Crippen LogP contribution < -0.4 is 5.32 Å². The highest BCUT2D eigenvalue weighted by Crippen LogP contribution is 2.20. The summed E-state index contributed by atoms with van der Waals surface area (Å²) >= 11 is 0. The molecule has 0 aromatic heterocycles. The van der Waals surface area contributed by atoms with Crippen LogP contribution in [0.3, 0.4) is 0 Å². The summed E-state index contributed by atoms with van der Waals surface area (Å²) in [5.74, 6) is 0.374. The third-order valence-electron chi connectivity index (χ3n) is 3.80. The van der Waals surface area contributed by atoms with E-state index in [-0.39, 0.29) is 24.1 Å². The second kappa shape index (κ2) is 5.71. The molecule has 1 aliphatic heterocycles. The van der Waals surface area contributed by atoms with E-state index in [2.05, 4.69) is 26.1 Å². The number of nitrogens with one attached hydrogen (secondary N) is 1. The second-order valence-electron chi connectivity index (χ2n) is 6.15. The van der Waals surface area contributed by atoms with Crippen molar-refractivity contribution in [3.05, 3.63) is 0 Å². The molecule has 17 heavy (non-hydrogen) atoms. The summed E-state index contributed by atoms with van der Waals surface area (Å²) in [7, 11) is 0. The molecule has 1 saturated heterocycles. The van der Waals surface area contributed by atoms with Crippen LogP contribution in [0.25, 0.3) is 0 Å². The molecule has 0 aliphatic carbocycles. The lowest BCUT2D eigenvalue weighted by atomic mass is 9.88. The van der Waals surface area contributed by atoms with Crippen LogP contribution in [0, 0.1) is 11.3 Å². The first-order chi connectivity index (χ1) is 7.84. The number of hydrogen-bond donors (Lipinski definition) is 2. The van der Waals surface area contributed by atoms with Crippen molar-refractivity contribution in [1.29, 1.82) is 0 Å². The van der Waals surface area contributed by atoms with E-state index in [0.717, 1.165) is 25.9 Å². The fourth-order valence-corrected chi connectivity index (χ4v) is 1.81. The number of rotatable bonds is 2. The molecule has 0 saturated carbocycles.